The molecule has 2 fully saturated rings. The summed E-state index contributed by atoms with van der Waals surface area (Å²) in [4.78, 5) is 12.8. The maximum Gasteiger partial charge on any atom is 0.174 e. The fourth-order valence-electron chi connectivity index (χ4n) is 6.33. The Labute approximate surface area is 141 Å². The summed E-state index contributed by atoms with van der Waals surface area (Å²) in [5.74, 6) is 0.824. The van der Waals surface area contributed by atoms with E-state index in [0.717, 1.165) is 35.9 Å². The van der Waals surface area contributed by atoms with Gasteiger partial charge in [-0.2, -0.15) is 0 Å². The van der Waals surface area contributed by atoms with Crippen LogP contribution in [0.1, 0.15) is 30.4 Å². The number of aromatic hydroxyl groups is 1. The number of benzene rings is 1. The van der Waals surface area contributed by atoms with Gasteiger partial charge in [-0.05, 0) is 18.1 Å². The van der Waals surface area contributed by atoms with Crippen LogP contribution in [0, 0.1) is 0 Å². The molecule has 1 aromatic carbocycles. The first kappa shape index (κ1) is 14.7. The second-order valence-corrected chi connectivity index (χ2v) is 8.45. The average molecular weight is 330 g/mol. The van der Waals surface area contributed by atoms with Gasteiger partial charge in [0.2, 0.25) is 0 Å². The number of ketones is 1. The van der Waals surface area contributed by atoms with E-state index in [1.54, 1.807) is 13.2 Å². The zero-order valence-corrected chi connectivity index (χ0v) is 14.5. The summed E-state index contributed by atoms with van der Waals surface area (Å²) in [5, 5.41) is 10.4. The number of quaternary nitrogens is 1. The van der Waals surface area contributed by atoms with Crippen molar-refractivity contribution in [3.8, 4) is 11.5 Å². The molecule has 1 saturated heterocycles. The summed E-state index contributed by atoms with van der Waals surface area (Å²) >= 11 is 0. The Bertz CT molecular complexity index is 773. The van der Waals surface area contributed by atoms with Gasteiger partial charge in [-0.15, -0.1) is 0 Å². The summed E-state index contributed by atoms with van der Waals surface area (Å²) in [6.45, 7) is 0.984. The number of methoxy groups -OCH3 is 1. The van der Waals surface area contributed by atoms with Gasteiger partial charge >= 0.3 is 0 Å². The highest BCUT2D eigenvalue weighted by atomic mass is 16.5. The molecule has 5 rings (SSSR count). The highest BCUT2D eigenvalue weighted by Gasteiger charge is 2.76. The molecule has 0 radical (unpaired) electrons. The fraction of sp³-hybridized carbons (Fsp3) is 0.632. The molecule has 128 valence electrons. The third-order valence-electron chi connectivity index (χ3n) is 7.38. The van der Waals surface area contributed by atoms with Gasteiger partial charge in [0, 0.05) is 31.9 Å². The van der Waals surface area contributed by atoms with E-state index in [1.807, 2.05) is 6.07 Å². The zero-order valence-electron chi connectivity index (χ0n) is 14.5. The molecule has 5 nitrogen and oxygen atoms in total. The molecular formula is C19H24NO4+. The van der Waals surface area contributed by atoms with E-state index in [2.05, 4.69) is 14.1 Å². The lowest BCUT2D eigenvalue weighted by Crippen LogP contribution is -2.80. The molecule has 1 N–H and O–H groups in total. The quantitative estimate of drug-likeness (QED) is 0.794. The number of hydrogen-bond acceptors (Lipinski definition) is 4. The summed E-state index contributed by atoms with van der Waals surface area (Å²) in [5.41, 5.74) is 1.42. The van der Waals surface area contributed by atoms with Crippen LogP contribution in [0.4, 0.5) is 0 Å². The molecule has 2 aliphatic carbocycles. The Kier molecular flexibility index (Phi) is 2.54. The van der Waals surface area contributed by atoms with E-state index in [9.17, 15) is 9.90 Å². The van der Waals surface area contributed by atoms with Gasteiger partial charge in [-0.25, -0.2) is 0 Å². The lowest BCUT2D eigenvalue weighted by molar-refractivity contribution is -0.931. The third-order valence-corrected chi connectivity index (χ3v) is 7.38. The van der Waals surface area contributed by atoms with Crippen LogP contribution in [0.3, 0.4) is 0 Å². The molecule has 0 amide bonds. The average Bonchev–Trinajstić information content (AvgIpc) is 2.92. The van der Waals surface area contributed by atoms with Crippen molar-refractivity contribution in [2.24, 2.45) is 0 Å². The lowest BCUT2D eigenvalue weighted by atomic mass is 9.48. The van der Waals surface area contributed by atoms with E-state index in [1.165, 1.54) is 5.56 Å². The number of likely N-dealkylation sites (tertiary alicyclic amines) is 1. The maximum atomic E-state index is 12.8. The molecule has 4 aliphatic rings. The second-order valence-electron chi connectivity index (χ2n) is 8.45. The Balaban J connectivity index is 1.89. The van der Waals surface area contributed by atoms with Gasteiger partial charge in [0.1, 0.15) is 11.6 Å². The maximum absolute atomic E-state index is 12.8. The largest absolute Gasteiger partial charge is 0.504 e. The van der Waals surface area contributed by atoms with Crippen molar-refractivity contribution >= 4 is 5.78 Å². The van der Waals surface area contributed by atoms with Gasteiger partial charge in [-0.1, -0.05) is 6.07 Å². The predicted octanol–water partition coefficient (Wildman–Crippen LogP) is 1.54. The highest BCUT2D eigenvalue weighted by molar-refractivity contribution is 5.90. The minimum atomic E-state index is -0.517. The van der Waals surface area contributed by atoms with Crippen LogP contribution in [0.2, 0.25) is 0 Å². The first-order chi connectivity index (χ1) is 11.4. The van der Waals surface area contributed by atoms with Gasteiger partial charge in [0.15, 0.2) is 23.4 Å². The number of ether oxygens (including phenoxy) is 2. The smallest absolute Gasteiger partial charge is 0.174 e. The van der Waals surface area contributed by atoms with E-state index >= 15 is 0 Å². The Hall–Kier alpha value is -1.59. The van der Waals surface area contributed by atoms with Crippen LogP contribution in [0.25, 0.3) is 0 Å². The van der Waals surface area contributed by atoms with E-state index in [4.69, 9.17) is 9.47 Å². The first-order valence-electron chi connectivity index (χ1n) is 8.80. The molecule has 2 bridgehead atoms. The van der Waals surface area contributed by atoms with Gasteiger partial charge < -0.3 is 19.1 Å². The predicted molar refractivity (Wildman–Crippen MR) is 87.3 cm³/mol. The number of nitrogens with zero attached hydrogens (tertiary/aromatic N) is 1. The van der Waals surface area contributed by atoms with Crippen LogP contribution in [-0.4, -0.2) is 60.9 Å². The standard InChI is InChI=1S/C19H23NO4/c1-20(2)9-8-18-15-11-4-5-12(21)16(15)24-17(18)13(22)6-7-19(18,23-3)14(20)10-11/h4-5,14,17H,6-10H2,1-3H3/p+1/t14?,17?,18-,19?/m0/s1. The zero-order chi connectivity index (χ0) is 16.9. The number of hydrogen-bond donors (Lipinski definition) is 1. The van der Waals surface area contributed by atoms with Crippen LogP contribution >= 0.6 is 0 Å². The van der Waals surface area contributed by atoms with E-state index < -0.39 is 17.1 Å². The number of phenolic OH excluding ortho intramolecular Hbond substituents is 1. The molecule has 5 heteroatoms. The van der Waals surface area contributed by atoms with Crippen molar-refractivity contribution in [1.29, 1.82) is 0 Å². The molecule has 1 saturated carbocycles. The van der Waals surface area contributed by atoms with Crippen molar-refractivity contribution in [3.05, 3.63) is 23.3 Å². The Morgan fingerprint density at radius 3 is 2.88 bits per heavy atom. The number of piperidine rings is 1. The molecule has 0 aromatic heterocycles. The Morgan fingerprint density at radius 2 is 2.12 bits per heavy atom. The van der Waals surface area contributed by atoms with Gasteiger partial charge in [-0.3, -0.25) is 4.79 Å². The topological polar surface area (TPSA) is 55.8 Å². The van der Waals surface area contributed by atoms with Crippen molar-refractivity contribution in [2.45, 2.75) is 48.8 Å². The van der Waals surface area contributed by atoms with Crippen molar-refractivity contribution in [1.82, 2.24) is 0 Å². The molecular weight excluding hydrogens is 306 g/mol. The number of Topliss-reactive ketones (excluding diaryl/α,β-unsaturated/α-hetero) is 1. The van der Waals surface area contributed by atoms with Crippen LogP contribution in [0.15, 0.2) is 12.1 Å². The number of rotatable bonds is 1. The van der Waals surface area contributed by atoms with Crippen LogP contribution in [-0.2, 0) is 21.4 Å². The Morgan fingerprint density at radius 1 is 1.33 bits per heavy atom. The summed E-state index contributed by atoms with van der Waals surface area (Å²) in [6, 6.07) is 4.01. The van der Waals surface area contributed by atoms with Gasteiger partial charge in [0.05, 0.1) is 26.1 Å². The SMILES string of the molecule is COC12CCC(=O)C3Oc4c(O)ccc5c4[C@@]31CC[N+](C)(C)C2C5. The van der Waals surface area contributed by atoms with Crippen LogP contribution in [0.5, 0.6) is 11.5 Å². The number of carbonyl (C=O) groups excluding carboxylic acids is 1. The first-order valence-corrected chi connectivity index (χ1v) is 8.80. The minimum absolute atomic E-state index is 0.146. The number of carbonyl (C=O) groups is 1. The normalized spacial score (nSPS) is 40.9. The summed E-state index contributed by atoms with van der Waals surface area (Å²) in [7, 11) is 6.33. The summed E-state index contributed by atoms with van der Waals surface area (Å²) in [6.07, 6.45) is 2.46. The molecule has 2 aliphatic heterocycles. The van der Waals surface area contributed by atoms with Crippen molar-refractivity contribution in [2.75, 3.05) is 27.7 Å². The number of likely N-dealkylation sites (N-methyl/N-ethyl adjacent to an activating group) is 1. The van der Waals surface area contributed by atoms with E-state index in [-0.39, 0.29) is 11.5 Å². The number of phenols is 1. The van der Waals surface area contributed by atoms with E-state index in [0.29, 0.717) is 18.2 Å². The van der Waals surface area contributed by atoms with Gasteiger partial charge in [0.25, 0.3) is 0 Å². The fourth-order valence-corrected chi connectivity index (χ4v) is 6.33. The summed E-state index contributed by atoms with van der Waals surface area (Å²) < 4.78 is 13.3. The minimum Gasteiger partial charge on any atom is -0.504 e. The van der Waals surface area contributed by atoms with Crippen LogP contribution < -0.4 is 4.74 Å². The van der Waals surface area contributed by atoms with Crippen molar-refractivity contribution < 1.29 is 23.9 Å². The molecule has 1 aromatic rings. The highest BCUT2D eigenvalue weighted by Crippen LogP contribution is 2.66. The van der Waals surface area contributed by atoms with Crippen molar-refractivity contribution in [3.63, 3.8) is 0 Å². The third kappa shape index (κ3) is 1.32. The monoisotopic (exact) mass is 330 g/mol. The second kappa shape index (κ2) is 4.14. The molecule has 4 atom stereocenters. The molecule has 1 spiro atoms. The lowest BCUT2D eigenvalue weighted by Gasteiger charge is -2.64. The molecule has 3 unspecified atom stereocenters. The molecule has 2 heterocycles. The molecule has 24 heavy (non-hydrogen) atoms.